The fourth-order valence-corrected chi connectivity index (χ4v) is 3.09. The molecule has 4 rings (SSSR count). The van der Waals surface area contributed by atoms with Gasteiger partial charge in [-0.3, -0.25) is 4.79 Å². The normalized spacial score (nSPS) is 12.2. The molecule has 2 N–H and O–H groups in total. The van der Waals surface area contributed by atoms with E-state index in [0.29, 0.717) is 12.3 Å². The first-order valence-electron chi connectivity index (χ1n) is 8.69. The SMILES string of the molecule is C[C@H](Oc1ccc2c(c1)[nH]c1ccccc12)C(=O)NCc1ccccc1. The van der Waals surface area contributed by atoms with Crippen LogP contribution < -0.4 is 10.1 Å². The first-order valence-corrected chi connectivity index (χ1v) is 8.69. The number of amides is 1. The van der Waals surface area contributed by atoms with Crippen molar-refractivity contribution in [3.63, 3.8) is 0 Å². The van der Waals surface area contributed by atoms with Crippen molar-refractivity contribution >= 4 is 27.7 Å². The lowest BCUT2D eigenvalue weighted by atomic mass is 10.1. The van der Waals surface area contributed by atoms with Crippen molar-refractivity contribution in [3.05, 3.63) is 78.4 Å². The number of ether oxygens (including phenoxy) is 1. The largest absolute Gasteiger partial charge is 0.481 e. The van der Waals surface area contributed by atoms with E-state index in [4.69, 9.17) is 4.74 Å². The molecule has 0 radical (unpaired) electrons. The Morgan fingerprint density at radius 2 is 1.69 bits per heavy atom. The third-order valence-corrected chi connectivity index (χ3v) is 4.47. The van der Waals surface area contributed by atoms with Gasteiger partial charge < -0.3 is 15.0 Å². The Hall–Kier alpha value is -3.27. The molecule has 0 aliphatic heterocycles. The van der Waals surface area contributed by atoms with Gasteiger partial charge in [-0.05, 0) is 30.7 Å². The van der Waals surface area contributed by atoms with Gasteiger partial charge in [-0.1, -0.05) is 48.5 Å². The first kappa shape index (κ1) is 16.2. The zero-order chi connectivity index (χ0) is 17.9. The van der Waals surface area contributed by atoms with Gasteiger partial charge in [-0.15, -0.1) is 0 Å². The lowest BCUT2D eigenvalue weighted by Gasteiger charge is -2.15. The molecule has 0 aliphatic carbocycles. The Balaban J connectivity index is 1.45. The van der Waals surface area contributed by atoms with Crippen molar-refractivity contribution in [2.45, 2.75) is 19.6 Å². The molecular weight excluding hydrogens is 324 g/mol. The molecule has 130 valence electrons. The second kappa shape index (κ2) is 6.92. The number of para-hydroxylation sites is 1. The maximum atomic E-state index is 12.3. The Morgan fingerprint density at radius 3 is 2.54 bits per heavy atom. The minimum atomic E-state index is -0.569. The van der Waals surface area contributed by atoms with E-state index in [-0.39, 0.29) is 5.91 Å². The van der Waals surface area contributed by atoms with Gasteiger partial charge in [0, 0.05) is 28.9 Å². The number of hydrogen-bond acceptors (Lipinski definition) is 2. The van der Waals surface area contributed by atoms with Crippen molar-refractivity contribution in [1.82, 2.24) is 10.3 Å². The molecule has 4 aromatic rings. The zero-order valence-corrected chi connectivity index (χ0v) is 14.5. The van der Waals surface area contributed by atoms with Gasteiger partial charge in [0.2, 0.25) is 0 Å². The Kier molecular flexibility index (Phi) is 4.32. The van der Waals surface area contributed by atoms with E-state index in [1.807, 2.05) is 60.7 Å². The number of benzene rings is 3. The van der Waals surface area contributed by atoms with E-state index in [1.54, 1.807) is 6.92 Å². The van der Waals surface area contributed by atoms with Crippen LogP contribution >= 0.6 is 0 Å². The summed E-state index contributed by atoms with van der Waals surface area (Å²) in [5.41, 5.74) is 3.15. The minimum Gasteiger partial charge on any atom is -0.481 e. The van der Waals surface area contributed by atoms with Gasteiger partial charge in [0.05, 0.1) is 5.52 Å². The molecule has 26 heavy (non-hydrogen) atoms. The highest BCUT2D eigenvalue weighted by atomic mass is 16.5. The maximum Gasteiger partial charge on any atom is 0.261 e. The molecule has 1 heterocycles. The molecule has 0 fully saturated rings. The van der Waals surface area contributed by atoms with Crippen molar-refractivity contribution in [2.75, 3.05) is 0 Å². The van der Waals surface area contributed by atoms with Crippen LogP contribution in [0.25, 0.3) is 21.8 Å². The highest BCUT2D eigenvalue weighted by Crippen LogP contribution is 2.28. The highest BCUT2D eigenvalue weighted by molar-refractivity contribution is 6.07. The summed E-state index contributed by atoms with van der Waals surface area (Å²) in [5, 5.41) is 5.24. The van der Waals surface area contributed by atoms with Gasteiger partial charge in [-0.2, -0.15) is 0 Å². The van der Waals surface area contributed by atoms with Crippen LogP contribution in [0.5, 0.6) is 5.75 Å². The number of carbonyl (C=O) groups is 1. The molecule has 0 unspecified atom stereocenters. The fraction of sp³-hybridized carbons (Fsp3) is 0.136. The number of fused-ring (bicyclic) bond motifs is 3. The molecule has 3 aromatic carbocycles. The predicted octanol–water partition coefficient (Wildman–Crippen LogP) is 4.40. The number of aromatic amines is 1. The topological polar surface area (TPSA) is 54.1 Å². The van der Waals surface area contributed by atoms with Crippen molar-refractivity contribution in [1.29, 1.82) is 0 Å². The van der Waals surface area contributed by atoms with Crippen molar-refractivity contribution < 1.29 is 9.53 Å². The van der Waals surface area contributed by atoms with Crippen LogP contribution in [0.1, 0.15) is 12.5 Å². The summed E-state index contributed by atoms with van der Waals surface area (Å²) in [6.45, 7) is 2.25. The van der Waals surface area contributed by atoms with Gasteiger partial charge in [0.15, 0.2) is 6.10 Å². The maximum absolute atomic E-state index is 12.3. The van der Waals surface area contributed by atoms with Crippen LogP contribution in [0.2, 0.25) is 0 Å². The van der Waals surface area contributed by atoms with Gasteiger partial charge >= 0.3 is 0 Å². The number of carbonyl (C=O) groups excluding carboxylic acids is 1. The average molecular weight is 344 g/mol. The van der Waals surface area contributed by atoms with Crippen LogP contribution in [-0.4, -0.2) is 17.0 Å². The Labute approximate surface area is 151 Å². The molecular formula is C22H20N2O2. The summed E-state index contributed by atoms with van der Waals surface area (Å²) in [7, 11) is 0. The lowest BCUT2D eigenvalue weighted by Crippen LogP contribution is -2.35. The van der Waals surface area contributed by atoms with E-state index in [9.17, 15) is 4.79 Å². The number of H-pyrrole nitrogens is 1. The number of hydrogen-bond donors (Lipinski definition) is 2. The summed E-state index contributed by atoms with van der Waals surface area (Å²) >= 11 is 0. The quantitative estimate of drug-likeness (QED) is 0.564. The van der Waals surface area contributed by atoms with Crippen molar-refractivity contribution in [3.8, 4) is 5.75 Å². The third-order valence-electron chi connectivity index (χ3n) is 4.47. The van der Waals surface area contributed by atoms with Crippen LogP contribution in [0.15, 0.2) is 72.8 Å². The number of rotatable bonds is 5. The predicted molar refractivity (Wildman–Crippen MR) is 104 cm³/mol. The molecule has 1 aromatic heterocycles. The minimum absolute atomic E-state index is 0.134. The smallest absolute Gasteiger partial charge is 0.261 e. The molecule has 0 spiro atoms. The lowest BCUT2D eigenvalue weighted by molar-refractivity contribution is -0.127. The number of nitrogens with one attached hydrogen (secondary N) is 2. The summed E-state index contributed by atoms with van der Waals surface area (Å²) in [6.07, 6.45) is -0.569. The van der Waals surface area contributed by atoms with E-state index in [0.717, 1.165) is 22.0 Å². The summed E-state index contributed by atoms with van der Waals surface area (Å²) in [6, 6.07) is 23.9. The third kappa shape index (κ3) is 3.26. The van der Waals surface area contributed by atoms with E-state index >= 15 is 0 Å². The monoisotopic (exact) mass is 344 g/mol. The zero-order valence-electron chi connectivity index (χ0n) is 14.5. The van der Waals surface area contributed by atoms with Crippen LogP contribution in [0.3, 0.4) is 0 Å². The standard InChI is InChI=1S/C22H20N2O2/c1-15(22(25)23-14-16-7-3-2-4-8-16)26-17-11-12-19-18-9-5-6-10-20(18)24-21(19)13-17/h2-13,15,24H,14H2,1H3,(H,23,25)/t15-/m0/s1. The molecule has 0 saturated carbocycles. The van der Waals surface area contributed by atoms with Gasteiger partial charge in [0.25, 0.3) is 5.91 Å². The number of aromatic nitrogens is 1. The molecule has 1 atom stereocenters. The second-order valence-corrected chi connectivity index (χ2v) is 6.34. The highest BCUT2D eigenvalue weighted by Gasteiger charge is 2.15. The molecule has 0 saturated heterocycles. The molecule has 4 heteroatoms. The summed E-state index contributed by atoms with van der Waals surface area (Å²) in [5.74, 6) is 0.539. The molecule has 1 amide bonds. The average Bonchev–Trinajstić information content (AvgIpc) is 3.04. The Bertz CT molecular complexity index is 1050. The van der Waals surface area contributed by atoms with Crippen LogP contribution in [0, 0.1) is 0 Å². The molecule has 0 aliphatic rings. The fourth-order valence-electron chi connectivity index (χ4n) is 3.09. The van der Waals surface area contributed by atoms with Gasteiger partial charge in [-0.25, -0.2) is 0 Å². The van der Waals surface area contributed by atoms with Gasteiger partial charge in [0.1, 0.15) is 5.75 Å². The van der Waals surface area contributed by atoms with Crippen LogP contribution in [-0.2, 0) is 11.3 Å². The first-order chi connectivity index (χ1) is 12.7. The second-order valence-electron chi connectivity index (χ2n) is 6.34. The Morgan fingerprint density at radius 1 is 0.962 bits per heavy atom. The summed E-state index contributed by atoms with van der Waals surface area (Å²) < 4.78 is 5.84. The molecule has 4 nitrogen and oxygen atoms in total. The van der Waals surface area contributed by atoms with E-state index in [1.165, 1.54) is 5.39 Å². The van der Waals surface area contributed by atoms with Crippen LogP contribution in [0.4, 0.5) is 0 Å². The summed E-state index contributed by atoms with van der Waals surface area (Å²) in [4.78, 5) is 15.7. The van der Waals surface area contributed by atoms with Crippen molar-refractivity contribution in [2.24, 2.45) is 0 Å². The van der Waals surface area contributed by atoms with E-state index in [2.05, 4.69) is 22.4 Å². The van der Waals surface area contributed by atoms with E-state index < -0.39 is 6.10 Å². The molecule has 0 bridgehead atoms.